The van der Waals surface area contributed by atoms with Crippen LogP contribution in [-0.2, 0) is 9.84 Å². The molecule has 0 aliphatic heterocycles. The van der Waals surface area contributed by atoms with Crippen molar-refractivity contribution in [3.8, 4) is 0 Å². The lowest BCUT2D eigenvalue weighted by molar-refractivity contribution is 0.0981. The maximum atomic E-state index is 12.5. The van der Waals surface area contributed by atoms with Crippen LogP contribution in [0.15, 0.2) is 39.4 Å². The van der Waals surface area contributed by atoms with Crippen molar-refractivity contribution in [1.29, 1.82) is 0 Å². The molecule has 0 spiro atoms. The van der Waals surface area contributed by atoms with E-state index in [0.717, 1.165) is 11.3 Å². The number of amides is 1. The zero-order valence-corrected chi connectivity index (χ0v) is 18.2. The average molecular weight is 449 g/mol. The summed E-state index contributed by atoms with van der Waals surface area (Å²) in [5, 5.41) is 5.37. The van der Waals surface area contributed by atoms with Crippen LogP contribution in [0.3, 0.4) is 0 Å². The molecule has 0 aliphatic carbocycles. The molecule has 0 atom stereocenters. The van der Waals surface area contributed by atoms with Crippen molar-refractivity contribution in [2.75, 3.05) is 11.6 Å². The Bertz CT molecular complexity index is 939. The maximum Gasteiger partial charge on any atom is 0.267 e. The Balaban J connectivity index is 2.19. The van der Waals surface area contributed by atoms with Crippen LogP contribution in [0.4, 0.5) is 5.69 Å². The molecular formula is C16H17ClN2O3S4. The van der Waals surface area contributed by atoms with E-state index < -0.39 is 21.0 Å². The van der Waals surface area contributed by atoms with Gasteiger partial charge in [0.25, 0.3) is 5.91 Å². The first-order chi connectivity index (χ1) is 12.2. The van der Waals surface area contributed by atoms with Crippen LogP contribution in [-0.4, -0.2) is 30.9 Å². The molecule has 0 saturated heterocycles. The molecule has 2 N–H and O–H groups in total. The van der Waals surface area contributed by atoms with Gasteiger partial charge >= 0.3 is 0 Å². The summed E-state index contributed by atoms with van der Waals surface area (Å²) < 4.78 is 25.5. The van der Waals surface area contributed by atoms with Crippen LogP contribution < -0.4 is 10.6 Å². The number of hydrogen-bond acceptors (Lipinski definition) is 6. The van der Waals surface area contributed by atoms with Crippen molar-refractivity contribution in [3.63, 3.8) is 0 Å². The molecule has 0 radical (unpaired) electrons. The number of nitrogens with one attached hydrogen (secondary N) is 2. The standard InChI is InChI=1S/C16H17ClN2O3S4/c1-9(2)26(21,22)13-8-12(25-15(13)24-3)14(20)19-16(23)18-11-7-5-4-6-10(11)17/h4-9H,1-3H3,(H2,18,19,20,23). The highest BCUT2D eigenvalue weighted by Gasteiger charge is 2.27. The van der Waals surface area contributed by atoms with Gasteiger partial charge in [0.05, 0.1) is 29.9 Å². The molecular weight excluding hydrogens is 432 g/mol. The number of carbonyl (C=O) groups excluding carboxylic acids is 1. The molecule has 0 bridgehead atoms. The Morgan fingerprint density at radius 2 is 1.96 bits per heavy atom. The van der Waals surface area contributed by atoms with Gasteiger partial charge < -0.3 is 5.32 Å². The summed E-state index contributed by atoms with van der Waals surface area (Å²) in [6.07, 6.45) is 1.77. The molecule has 0 unspecified atom stereocenters. The smallest absolute Gasteiger partial charge is 0.267 e. The molecule has 26 heavy (non-hydrogen) atoms. The van der Waals surface area contributed by atoms with Crippen molar-refractivity contribution in [3.05, 3.63) is 40.2 Å². The minimum atomic E-state index is -3.47. The molecule has 2 aromatic rings. The zero-order valence-electron chi connectivity index (χ0n) is 14.2. The molecule has 5 nitrogen and oxygen atoms in total. The Kier molecular flexibility index (Phi) is 7.09. The van der Waals surface area contributed by atoms with E-state index in [9.17, 15) is 13.2 Å². The summed E-state index contributed by atoms with van der Waals surface area (Å²) in [5.41, 5.74) is 0.568. The number of benzene rings is 1. The third kappa shape index (κ3) is 4.77. The molecule has 0 aliphatic rings. The number of anilines is 1. The SMILES string of the molecule is CSc1sc(C(=O)NC(=S)Nc2ccccc2Cl)cc1S(=O)(=O)C(C)C. The van der Waals surface area contributed by atoms with Gasteiger partial charge in [0, 0.05) is 0 Å². The van der Waals surface area contributed by atoms with E-state index in [1.807, 2.05) is 0 Å². The fraction of sp³-hybridized carbons (Fsp3) is 0.250. The summed E-state index contributed by atoms with van der Waals surface area (Å²) in [7, 11) is -3.47. The number of carbonyl (C=O) groups is 1. The minimum absolute atomic E-state index is 0.0791. The van der Waals surface area contributed by atoms with E-state index in [4.69, 9.17) is 23.8 Å². The first kappa shape index (κ1) is 21.2. The van der Waals surface area contributed by atoms with Crippen molar-refractivity contribution in [2.24, 2.45) is 0 Å². The number of rotatable bonds is 5. The lowest BCUT2D eigenvalue weighted by Gasteiger charge is -2.10. The molecule has 1 aromatic heterocycles. The molecule has 2 rings (SSSR count). The normalized spacial score (nSPS) is 11.4. The van der Waals surface area contributed by atoms with Crippen molar-refractivity contribution in [2.45, 2.75) is 28.2 Å². The lowest BCUT2D eigenvalue weighted by Crippen LogP contribution is -2.33. The van der Waals surface area contributed by atoms with Crippen LogP contribution in [0.2, 0.25) is 5.02 Å². The van der Waals surface area contributed by atoms with Gasteiger partial charge in [0.15, 0.2) is 14.9 Å². The highest BCUT2D eigenvalue weighted by Crippen LogP contribution is 2.35. The first-order valence-electron chi connectivity index (χ1n) is 7.45. The lowest BCUT2D eigenvalue weighted by atomic mass is 10.3. The third-order valence-electron chi connectivity index (χ3n) is 3.35. The number of sulfone groups is 1. The van der Waals surface area contributed by atoms with E-state index in [0.29, 0.717) is 14.9 Å². The monoisotopic (exact) mass is 448 g/mol. The molecule has 1 amide bonds. The second kappa shape index (κ2) is 8.71. The molecule has 140 valence electrons. The second-order valence-corrected chi connectivity index (χ2v) is 10.9. The number of thiophene rings is 1. The summed E-state index contributed by atoms with van der Waals surface area (Å²) >= 11 is 13.6. The van der Waals surface area contributed by atoms with E-state index >= 15 is 0 Å². The van der Waals surface area contributed by atoms with Gasteiger partial charge in [-0.25, -0.2) is 8.42 Å². The quantitative estimate of drug-likeness (QED) is 0.520. The Morgan fingerprint density at radius 1 is 1.31 bits per heavy atom. The van der Waals surface area contributed by atoms with Crippen LogP contribution in [0, 0.1) is 0 Å². The van der Waals surface area contributed by atoms with E-state index in [-0.39, 0.29) is 14.9 Å². The van der Waals surface area contributed by atoms with Crippen LogP contribution >= 0.6 is 46.9 Å². The van der Waals surface area contributed by atoms with Gasteiger partial charge in [-0.1, -0.05) is 23.7 Å². The third-order valence-corrected chi connectivity index (χ3v) is 8.59. The highest BCUT2D eigenvalue weighted by molar-refractivity contribution is 8.01. The fourth-order valence-electron chi connectivity index (χ4n) is 1.94. The predicted molar refractivity (Wildman–Crippen MR) is 114 cm³/mol. The predicted octanol–water partition coefficient (Wildman–Crippen LogP) is 4.43. The van der Waals surface area contributed by atoms with Gasteiger partial charge in [-0.05, 0) is 50.5 Å². The number of hydrogen-bond donors (Lipinski definition) is 2. The average Bonchev–Trinajstić information content (AvgIpc) is 3.02. The van der Waals surface area contributed by atoms with Gasteiger partial charge in [0.1, 0.15) is 0 Å². The van der Waals surface area contributed by atoms with E-state index in [2.05, 4.69) is 10.6 Å². The van der Waals surface area contributed by atoms with Gasteiger partial charge in [0.2, 0.25) is 0 Å². The Hall–Kier alpha value is -1.13. The van der Waals surface area contributed by atoms with Gasteiger partial charge in [-0.2, -0.15) is 0 Å². The summed E-state index contributed by atoms with van der Waals surface area (Å²) in [6, 6.07) is 8.39. The minimum Gasteiger partial charge on any atom is -0.331 e. The summed E-state index contributed by atoms with van der Waals surface area (Å²) in [4.78, 5) is 12.9. The van der Waals surface area contributed by atoms with Gasteiger partial charge in [-0.15, -0.1) is 23.1 Å². The number of halogens is 1. The Morgan fingerprint density at radius 3 is 2.54 bits per heavy atom. The number of thioether (sulfide) groups is 1. The van der Waals surface area contributed by atoms with Crippen molar-refractivity contribution in [1.82, 2.24) is 5.32 Å². The highest BCUT2D eigenvalue weighted by atomic mass is 35.5. The molecule has 0 saturated carbocycles. The van der Waals surface area contributed by atoms with E-state index in [1.54, 1.807) is 44.4 Å². The maximum absolute atomic E-state index is 12.5. The van der Waals surface area contributed by atoms with E-state index in [1.165, 1.54) is 17.8 Å². The molecule has 1 aromatic carbocycles. The molecule has 0 fully saturated rings. The van der Waals surface area contributed by atoms with Crippen LogP contribution in [0.25, 0.3) is 0 Å². The van der Waals surface area contributed by atoms with Crippen LogP contribution in [0.1, 0.15) is 23.5 Å². The number of para-hydroxylation sites is 1. The second-order valence-electron chi connectivity index (χ2n) is 5.45. The van der Waals surface area contributed by atoms with Crippen molar-refractivity contribution >= 4 is 73.5 Å². The topological polar surface area (TPSA) is 75.3 Å². The fourth-order valence-corrected chi connectivity index (χ4v) is 6.04. The zero-order chi connectivity index (χ0) is 19.5. The molecule has 10 heteroatoms. The van der Waals surface area contributed by atoms with Gasteiger partial charge in [-0.3, -0.25) is 10.1 Å². The first-order valence-corrected chi connectivity index (χ1v) is 11.8. The largest absolute Gasteiger partial charge is 0.331 e. The molecule has 1 heterocycles. The van der Waals surface area contributed by atoms with Crippen molar-refractivity contribution < 1.29 is 13.2 Å². The Labute approximate surface area is 171 Å². The number of thiocarbonyl (C=S) groups is 1. The van der Waals surface area contributed by atoms with Crippen LogP contribution in [0.5, 0.6) is 0 Å². The summed E-state index contributed by atoms with van der Waals surface area (Å²) in [6.45, 7) is 3.22. The summed E-state index contributed by atoms with van der Waals surface area (Å²) in [5.74, 6) is -0.472.